The number of hydrogen-bond acceptors (Lipinski definition) is 2. The minimum absolute atomic E-state index is 0. The molecule has 0 fully saturated rings. The van der Waals surface area contributed by atoms with Gasteiger partial charge >= 0.3 is 19.5 Å². The molecule has 3 aromatic heterocycles. The van der Waals surface area contributed by atoms with Crippen molar-refractivity contribution in [2.24, 2.45) is 0 Å². The maximum Gasteiger partial charge on any atom is 3.00 e. The largest absolute Gasteiger partial charge is 3.00 e. The van der Waals surface area contributed by atoms with Gasteiger partial charge in [0.05, 0.1) is 22.8 Å². The molecule has 0 atom stereocenters. The van der Waals surface area contributed by atoms with Gasteiger partial charge in [0.2, 0.25) is 0 Å². The van der Waals surface area contributed by atoms with Crippen LogP contribution in [0.5, 0.6) is 0 Å². The van der Waals surface area contributed by atoms with E-state index in [2.05, 4.69) is 173 Å². The first-order valence-electron chi connectivity index (χ1n) is 17.7. The molecule has 0 aliphatic carbocycles. The van der Waals surface area contributed by atoms with Crippen molar-refractivity contribution in [1.82, 2.24) is 19.9 Å². The molecular formula is C49H39N4Rh. The summed E-state index contributed by atoms with van der Waals surface area (Å²) in [7, 11) is 0. The molecule has 4 nitrogen and oxygen atoms in total. The van der Waals surface area contributed by atoms with Crippen molar-refractivity contribution in [3.05, 3.63) is 174 Å². The van der Waals surface area contributed by atoms with Gasteiger partial charge in [-0.15, -0.1) is 22.1 Å². The number of benzene rings is 4. The van der Waals surface area contributed by atoms with E-state index in [1.807, 2.05) is 0 Å². The van der Waals surface area contributed by atoms with Crippen molar-refractivity contribution in [3.8, 4) is 44.5 Å². The molecule has 264 valence electrons. The van der Waals surface area contributed by atoms with Crippen molar-refractivity contribution in [3.63, 3.8) is 0 Å². The molecule has 0 saturated carbocycles. The summed E-state index contributed by atoms with van der Waals surface area (Å²) in [6.45, 7) is 8.45. The van der Waals surface area contributed by atoms with Crippen molar-refractivity contribution in [2.75, 3.05) is 0 Å². The molecule has 0 unspecified atom stereocenters. The second-order valence-electron chi connectivity index (χ2n) is 13.8. The van der Waals surface area contributed by atoms with Gasteiger partial charge in [-0.1, -0.05) is 144 Å². The molecule has 5 heterocycles. The van der Waals surface area contributed by atoms with Gasteiger partial charge in [0.25, 0.3) is 0 Å². The van der Waals surface area contributed by atoms with Crippen LogP contribution in [0.25, 0.3) is 90.9 Å². The van der Waals surface area contributed by atoms with Gasteiger partial charge in [-0.25, -0.2) is 9.97 Å². The van der Waals surface area contributed by atoms with E-state index in [9.17, 15) is 0 Å². The number of fused-ring (bicyclic) bond motifs is 8. The predicted octanol–water partition coefficient (Wildman–Crippen LogP) is 12.3. The maximum atomic E-state index is 5.37. The summed E-state index contributed by atoms with van der Waals surface area (Å²) < 4.78 is 0. The Morgan fingerprint density at radius 2 is 0.519 bits per heavy atom. The first-order valence-corrected chi connectivity index (χ1v) is 17.7. The Hall–Kier alpha value is -5.90. The number of nitrogens with zero attached hydrogens (tertiary/aromatic N) is 4. The van der Waals surface area contributed by atoms with Gasteiger partial charge < -0.3 is 17.4 Å². The monoisotopic (exact) mass is 786 g/mol. The molecule has 0 saturated heterocycles. The van der Waals surface area contributed by atoms with Crippen LogP contribution >= 0.6 is 0 Å². The third-order valence-electron chi connectivity index (χ3n) is 9.97. The Balaban J connectivity index is 0.00000225. The summed E-state index contributed by atoms with van der Waals surface area (Å²) in [5.74, 6) is 0. The number of hydrogen-bond donors (Lipinski definition) is 0. The summed E-state index contributed by atoms with van der Waals surface area (Å²) >= 11 is 0. The van der Waals surface area contributed by atoms with Crippen LogP contribution in [0.2, 0.25) is 0 Å². The van der Waals surface area contributed by atoms with Gasteiger partial charge in [-0.2, -0.15) is 0 Å². The van der Waals surface area contributed by atoms with E-state index in [0.29, 0.717) is 0 Å². The quantitative estimate of drug-likeness (QED) is 0.132. The smallest absolute Gasteiger partial charge is 0.657 e. The zero-order valence-electron chi connectivity index (χ0n) is 31.0. The van der Waals surface area contributed by atoms with Gasteiger partial charge in [-0.05, 0) is 96.5 Å². The minimum atomic E-state index is 0. The average molecular weight is 787 g/mol. The van der Waals surface area contributed by atoms with Gasteiger partial charge in [0.1, 0.15) is 0 Å². The Bertz CT molecular complexity index is 2350. The SMILES string of the molecule is Cc1ccc(-c2c3nc(c(-c4ccc(C)cc4)c4ccc([n-]4)c(-c4ccc(C)cc4)c4nc(c(-c5ccc(C)cc5)c5ccc2[n-]5)C=C4)C=C3)cc1.[CH3-].[Rh+3]. The zero-order valence-corrected chi connectivity index (χ0v) is 32.6. The van der Waals surface area contributed by atoms with Crippen molar-refractivity contribution < 1.29 is 19.5 Å². The van der Waals surface area contributed by atoms with E-state index in [1.54, 1.807) is 0 Å². The van der Waals surface area contributed by atoms with Gasteiger partial charge in [0, 0.05) is 0 Å². The number of aromatic nitrogens is 4. The molecule has 7 aromatic rings. The van der Waals surface area contributed by atoms with Crippen LogP contribution in [0.4, 0.5) is 0 Å². The fourth-order valence-electron chi connectivity index (χ4n) is 7.15. The van der Waals surface area contributed by atoms with E-state index in [0.717, 1.165) is 89.4 Å². The van der Waals surface area contributed by atoms with Crippen molar-refractivity contribution in [1.29, 1.82) is 0 Å². The molecular weight excluding hydrogens is 747 g/mol. The summed E-state index contributed by atoms with van der Waals surface area (Å²) in [6.07, 6.45) is 8.48. The van der Waals surface area contributed by atoms with Gasteiger partial charge in [0.15, 0.2) is 0 Å². The van der Waals surface area contributed by atoms with E-state index in [-0.39, 0.29) is 26.9 Å². The molecule has 2 aliphatic heterocycles. The fourth-order valence-corrected chi connectivity index (χ4v) is 7.15. The van der Waals surface area contributed by atoms with Crippen LogP contribution in [0.3, 0.4) is 0 Å². The molecule has 0 spiro atoms. The fraction of sp³-hybridized carbons (Fsp3) is 0.0816. The van der Waals surface area contributed by atoms with Crippen LogP contribution in [-0.4, -0.2) is 9.97 Å². The summed E-state index contributed by atoms with van der Waals surface area (Å²) in [4.78, 5) is 21.5. The molecule has 9 rings (SSSR count). The number of aryl methyl sites for hydroxylation is 4. The van der Waals surface area contributed by atoms with Crippen LogP contribution in [0, 0.1) is 35.1 Å². The van der Waals surface area contributed by atoms with E-state index in [4.69, 9.17) is 19.9 Å². The zero-order chi connectivity index (χ0) is 35.3. The van der Waals surface area contributed by atoms with Crippen LogP contribution in [0.15, 0.2) is 121 Å². The van der Waals surface area contributed by atoms with E-state index >= 15 is 0 Å². The summed E-state index contributed by atoms with van der Waals surface area (Å²) in [6, 6.07) is 43.0. The molecule has 5 heteroatoms. The van der Waals surface area contributed by atoms with Crippen LogP contribution in [0.1, 0.15) is 45.0 Å². The molecule has 0 N–H and O–H groups in total. The normalized spacial score (nSPS) is 11.6. The van der Waals surface area contributed by atoms with E-state index in [1.165, 1.54) is 22.3 Å². The average Bonchev–Trinajstić information content (AvgIpc) is 3.99. The standard InChI is InChI=1S/C48H36N4.CH3.Rh/c1-29-5-13-33(14-6-29)45-37-21-23-39(49-37)46(34-15-7-30(2)8-16-34)41-25-27-43(51-41)48(36-19-11-32(4)12-20-36)44-28-26-42(52-44)47(40-24-22-38(45)50-40)35-17-9-31(3)10-18-35;;/h5-28H,1-4H3;1H3;/q-2;-1;+3. The van der Waals surface area contributed by atoms with Crippen LogP contribution < -0.4 is 9.97 Å². The summed E-state index contributed by atoms with van der Waals surface area (Å²) in [5, 5.41) is 0. The Morgan fingerprint density at radius 3 is 0.722 bits per heavy atom. The second kappa shape index (κ2) is 14.9. The third kappa shape index (κ3) is 6.72. The Morgan fingerprint density at radius 1 is 0.315 bits per heavy atom. The van der Waals surface area contributed by atoms with Crippen LogP contribution in [-0.2, 0) is 19.5 Å². The third-order valence-corrected chi connectivity index (χ3v) is 9.97. The Kier molecular flexibility index (Phi) is 10.0. The summed E-state index contributed by atoms with van der Waals surface area (Å²) in [5.41, 5.74) is 19.9. The molecule has 54 heavy (non-hydrogen) atoms. The van der Waals surface area contributed by atoms with Gasteiger partial charge in [-0.3, -0.25) is 0 Å². The predicted molar refractivity (Wildman–Crippen MR) is 224 cm³/mol. The molecule has 4 aromatic carbocycles. The van der Waals surface area contributed by atoms with E-state index < -0.39 is 0 Å². The first-order chi connectivity index (χ1) is 25.4. The first kappa shape index (κ1) is 36.5. The molecule has 2 aliphatic rings. The molecule has 8 bridgehead atoms. The van der Waals surface area contributed by atoms with Crippen molar-refractivity contribution in [2.45, 2.75) is 27.7 Å². The molecule has 0 amide bonds. The van der Waals surface area contributed by atoms with Crippen molar-refractivity contribution >= 4 is 46.4 Å². The molecule has 0 radical (unpaired) electrons. The topological polar surface area (TPSA) is 54.0 Å². The number of rotatable bonds is 4. The minimum Gasteiger partial charge on any atom is -0.657 e. The Labute approximate surface area is 330 Å². The maximum absolute atomic E-state index is 5.37. The second-order valence-corrected chi connectivity index (χ2v) is 13.8.